The van der Waals surface area contributed by atoms with Crippen molar-refractivity contribution in [1.29, 1.82) is 0 Å². The van der Waals surface area contributed by atoms with Crippen molar-refractivity contribution in [3.8, 4) is 11.4 Å². The largest absolute Gasteiger partial charge is 0.339 e. The zero-order chi connectivity index (χ0) is 21.3. The second kappa shape index (κ2) is 8.38. The first-order chi connectivity index (χ1) is 14.4. The van der Waals surface area contributed by atoms with Gasteiger partial charge >= 0.3 is 0 Å². The van der Waals surface area contributed by atoms with Crippen LogP contribution in [0.1, 0.15) is 53.4 Å². The standard InChI is InChI=1S/C24H26FN3O2/c1-15-11-16(2)13-19(12-15)21-5-4-10-28(21)23(29)9-8-22-26-24(27-30-22)18-6-7-20(25)17(3)14-18/h6-7,11-14,21H,4-5,8-10H2,1-3H3. The lowest BCUT2D eigenvalue weighted by Gasteiger charge is -2.25. The van der Waals surface area contributed by atoms with Gasteiger partial charge < -0.3 is 9.42 Å². The fraction of sp³-hybridized carbons (Fsp3) is 0.375. The van der Waals surface area contributed by atoms with Crippen LogP contribution in [0.2, 0.25) is 0 Å². The van der Waals surface area contributed by atoms with E-state index in [4.69, 9.17) is 4.52 Å². The van der Waals surface area contributed by atoms with Crippen molar-refractivity contribution in [2.24, 2.45) is 0 Å². The smallest absolute Gasteiger partial charge is 0.227 e. The molecule has 2 aromatic carbocycles. The predicted molar refractivity (Wildman–Crippen MR) is 112 cm³/mol. The quantitative estimate of drug-likeness (QED) is 0.591. The Hall–Kier alpha value is -3.02. The Labute approximate surface area is 175 Å². The minimum Gasteiger partial charge on any atom is -0.339 e. The van der Waals surface area contributed by atoms with Crippen LogP contribution in [0.4, 0.5) is 4.39 Å². The van der Waals surface area contributed by atoms with E-state index in [0.717, 1.165) is 19.4 Å². The number of rotatable bonds is 5. The average molecular weight is 407 g/mol. The summed E-state index contributed by atoms with van der Waals surface area (Å²) in [5.74, 6) is 0.670. The summed E-state index contributed by atoms with van der Waals surface area (Å²) in [5, 5.41) is 3.98. The molecule has 1 aliphatic heterocycles. The first-order valence-corrected chi connectivity index (χ1v) is 10.4. The number of aromatic nitrogens is 2. The maximum Gasteiger partial charge on any atom is 0.227 e. The molecule has 1 aliphatic rings. The Morgan fingerprint density at radius 2 is 1.93 bits per heavy atom. The predicted octanol–water partition coefficient (Wildman–Crippen LogP) is 5.10. The summed E-state index contributed by atoms with van der Waals surface area (Å²) in [6, 6.07) is 11.4. The summed E-state index contributed by atoms with van der Waals surface area (Å²) >= 11 is 0. The number of amides is 1. The molecule has 0 N–H and O–H groups in total. The number of aryl methyl sites for hydroxylation is 4. The molecule has 1 fully saturated rings. The van der Waals surface area contributed by atoms with E-state index in [1.54, 1.807) is 19.1 Å². The molecule has 1 unspecified atom stereocenters. The van der Waals surface area contributed by atoms with Gasteiger partial charge in [0.05, 0.1) is 6.04 Å². The highest BCUT2D eigenvalue weighted by Gasteiger charge is 2.30. The molecule has 5 nitrogen and oxygen atoms in total. The van der Waals surface area contributed by atoms with Crippen molar-refractivity contribution >= 4 is 5.91 Å². The van der Waals surface area contributed by atoms with Gasteiger partial charge in [0.25, 0.3) is 0 Å². The summed E-state index contributed by atoms with van der Waals surface area (Å²) in [4.78, 5) is 19.3. The monoisotopic (exact) mass is 407 g/mol. The van der Waals surface area contributed by atoms with Crippen molar-refractivity contribution in [2.75, 3.05) is 6.54 Å². The third-order valence-corrected chi connectivity index (χ3v) is 5.64. The van der Waals surface area contributed by atoms with Crippen LogP contribution < -0.4 is 0 Å². The second-order valence-corrected chi connectivity index (χ2v) is 8.14. The van der Waals surface area contributed by atoms with Gasteiger partial charge in [0.1, 0.15) is 5.82 Å². The zero-order valence-electron chi connectivity index (χ0n) is 17.6. The molecule has 0 spiro atoms. The molecule has 4 rings (SSSR count). The maximum absolute atomic E-state index is 13.5. The van der Waals surface area contributed by atoms with Crippen LogP contribution in [0.5, 0.6) is 0 Å². The van der Waals surface area contributed by atoms with E-state index in [2.05, 4.69) is 42.2 Å². The summed E-state index contributed by atoms with van der Waals surface area (Å²) in [5.41, 5.74) is 4.88. The van der Waals surface area contributed by atoms with Gasteiger partial charge in [0.15, 0.2) is 0 Å². The fourth-order valence-corrected chi connectivity index (χ4v) is 4.23. The van der Waals surface area contributed by atoms with Gasteiger partial charge in [-0.15, -0.1) is 0 Å². The lowest BCUT2D eigenvalue weighted by molar-refractivity contribution is -0.132. The van der Waals surface area contributed by atoms with Crippen molar-refractivity contribution in [1.82, 2.24) is 15.0 Å². The van der Waals surface area contributed by atoms with Crippen molar-refractivity contribution in [2.45, 2.75) is 52.5 Å². The van der Waals surface area contributed by atoms with Crippen LogP contribution in [0.25, 0.3) is 11.4 Å². The zero-order valence-corrected chi connectivity index (χ0v) is 17.6. The van der Waals surface area contributed by atoms with E-state index >= 15 is 0 Å². The summed E-state index contributed by atoms with van der Waals surface area (Å²) in [6.45, 7) is 6.65. The number of carbonyl (C=O) groups is 1. The summed E-state index contributed by atoms with van der Waals surface area (Å²) in [6.07, 6.45) is 2.72. The van der Waals surface area contributed by atoms with Crippen LogP contribution in [-0.2, 0) is 11.2 Å². The van der Waals surface area contributed by atoms with E-state index in [0.29, 0.717) is 35.7 Å². The Morgan fingerprint density at radius 1 is 1.17 bits per heavy atom. The van der Waals surface area contributed by atoms with Gasteiger partial charge in [-0.2, -0.15) is 4.98 Å². The molecule has 156 valence electrons. The number of benzene rings is 2. The molecule has 2 heterocycles. The maximum atomic E-state index is 13.5. The topological polar surface area (TPSA) is 59.2 Å². The number of hydrogen-bond acceptors (Lipinski definition) is 4. The van der Waals surface area contributed by atoms with E-state index < -0.39 is 0 Å². The Morgan fingerprint density at radius 3 is 2.67 bits per heavy atom. The van der Waals surface area contributed by atoms with Gasteiger partial charge in [-0.3, -0.25) is 4.79 Å². The lowest BCUT2D eigenvalue weighted by atomic mass is 9.99. The molecule has 30 heavy (non-hydrogen) atoms. The van der Waals surface area contributed by atoms with E-state index in [-0.39, 0.29) is 17.8 Å². The minimum absolute atomic E-state index is 0.106. The second-order valence-electron chi connectivity index (χ2n) is 8.14. The highest BCUT2D eigenvalue weighted by atomic mass is 19.1. The highest BCUT2D eigenvalue weighted by Crippen LogP contribution is 2.33. The molecule has 1 atom stereocenters. The molecule has 1 amide bonds. The minimum atomic E-state index is -0.267. The highest BCUT2D eigenvalue weighted by molar-refractivity contribution is 5.77. The Bertz CT molecular complexity index is 1060. The summed E-state index contributed by atoms with van der Waals surface area (Å²) in [7, 11) is 0. The van der Waals surface area contributed by atoms with E-state index in [1.807, 2.05) is 4.90 Å². The molecule has 0 aliphatic carbocycles. The van der Waals surface area contributed by atoms with E-state index in [9.17, 15) is 9.18 Å². The molecule has 3 aromatic rings. The molecular weight excluding hydrogens is 381 g/mol. The number of halogens is 1. The van der Waals surface area contributed by atoms with Crippen molar-refractivity contribution in [3.05, 3.63) is 70.4 Å². The molecule has 1 saturated heterocycles. The van der Waals surface area contributed by atoms with Gasteiger partial charge in [-0.05, 0) is 62.9 Å². The Balaban J connectivity index is 1.42. The van der Waals surface area contributed by atoms with Crippen LogP contribution in [0, 0.1) is 26.6 Å². The van der Waals surface area contributed by atoms with Crippen molar-refractivity contribution in [3.63, 3.8) is 0 Å². The SMILES string of the molecule is Cc1cc(C)cc(C2CCCN2C(=O)CCc2nc(-c3ccc(F)c(C)c3)no2)c1. The first-order valence-electron chi connectivity index (χ1n) is 10.4. The Kier molecular flexibility index (Phi) is 5.66. The lowest BCUT2D eigenvalue weighted by Crippen LogP contribution is -2.30. The first kappa shape index (κ1) is 20.3. The molecule has 6 heteroatoms. The van der Waals surface area contributed by atoms with Gasteiger partial charge in [-0.1, -0.05) is 34.5 Å². The van der Waals surface area contributed by atoms with Gasteiger partial charge in [0.2, 0.25) is 17.6 Å². The molecule has 1 aromatic heterocycles. The van der Waals surface area contributed by atoms with Crippen LogP contribution >= 0.6 is 0 Å². The van der Waals surface area contributed by atoms with Crippen LogP contribution in [0.15, 0.2) is 40.9 Å². The molecule has 0 bridgehead atoms. The fourth-order valence-electron chi connectivity index (χ4n) is 4.23. The van der Waals surface area contributed by atoms with Crippen molar-refractivity contribution < 1.29 is 13.7 Å². The molecule has 0 saturated carbocycles. The molecular formula is C24H26FN3O2. The van der Waals surface area contributed by atoms with Crippen LogP contribution in [-0.4, -0.2) is 27.5 Å². The average Bonchev–Trinajstić information content (AvgIpc) is 3.37. The van der Waals surface area contributed by atoms with Gasteiger partial charge in [0, 0.05) is 24.9 Å². The molecule has 0 radical (unpaired) electrons. The number of hydrogen-bond donors (Lipinski definition) is 0. The van der Waals surface area contributed by atoms with Crippen LogP contribution in [0.3, 0.4) is 0 Å². The van der Waals surface area contributed by atoms with E-state index in [1.165, 1.54) is 22.8 Å². The number of likely N-dealkylation sites (tertiary alicyclic amines) is 1. The third kappa shape index (κ3) is 4.27. The van der Waals surface area contributed by atoms with Gasteiger partial charge in [-0.25, -0.2) is 4.39 Å². The summed E-state index contributed by atoms with van der Waals surface area (Å²) < 4.78 is 18.8. The third-order valence-electron chi connectivity index (χ3n) is 5.64. The number of nitrogens with zero attached hydrogens (tertiary/aromatic N) is 3. The normalized spacial score (nSPS) is 16.3. The number of carbonyl (C=O) groups excluding carboxylic acids is 1.